The van der Waals surface area contributed by atoms with Crippen molar-refractivity contribution in [3.8, 4) is 11.5 Å². The Morgan fingerprint density at radius 3 is 2.52 bits per heavy atom. The molecule has 8 nitrogen and oxygen atoms in total. The number of furan rings is 1. The van der Waals surface area contributed by atoms with Gasteiger partial charge in [0.05, 0.1) is 32.1 Å². The van der Waals surface area contributed by atoms with E-state index in [0.29, 0.717) is 36.2 Å². The fourth-order valence-corrected chi connectivity index (χ4v) is 2.35. The lowest BCUT2D eigenvalue weighted by Gasteiger charge is -2.14. The summed E-state index contributed by atoms with van der Waals surface area (Å²) in [6.07, 6.45) is 1.56. The minimum Gasteiger partial charge on any atom is -0.490 e. The predicted molar refractivity (Wildman–Crippen MR) is 101 cm³/mol. The summed E-state index contributed by atoms with van der Waals surface area (Å²) in [5.74, 6) is 1.38. The Morgan fingerprint density at radius 1 is 1.11 bits per heavy atom. The number of amides is 3. The highest BCUT2D eigenvalue weighted by molar-refractivity contribution is 6.01. The number of urea groups is 1. The highest BCUT2D eigenvalue weighted by atomic mass is 16.5. The van der Waals surface area contributed by atoms with Crippen LogP contribution in [0.4, 0.5) is 10.5 Å². The van der Waals surface area contributed by atoms with Crippen molar-refractivity contribution in [2.75, 3.05) is 25.1 Å². The monoisotopic (exact) mass is 375 g/mol. The van der Waals surface area contributed by atoms with Crippen LogP contribution in [0.2, 0.25) is 0 Å². The van der Waals surface area contributed by atoms with Gasteiger partial charge in [0.15, 0.2) is 11.5 Å². The number of anilines is 1. The van der Waals surface area contributed by atoms with Gasteiger partial charge < -0.3 is 19.2 Å². The fourth-order valence-electron chi connectivity index (χ4n) is 2.35. The third-order valence-electron chi connectivity index (χ3n) is 3.59. The summed E-state index contributed by atoms with van der Waals surface area (Å²) in [4.78, 5) is 23.9. The van der Waals surface area contributed by atoms with E-state index in [1.165, 1.54) is 0 Å². The van der Waals surface area contributed by atoms with E-state index in [-0.39, 0.29) is 12.6 Å². The number of hydrogen-bond acceptors (Lipinski definition) is 6. The molecule has 0 unspecified atom stereocenters. The van der Waals surface area contributed by atoms with Crippen LogP contribution in [-0.4, -0.2) is 31.7 Å². The summed E-state index contributed by atoms with van der Waals surface area (Å²) in [7, 11) is 0. The number of benzene rings is 1. The number of nitrogens with one attached hydrogen (secondary N) is 3. The number of hydrogen-bond donors (Lipinski definition) is 3. The van der Waals surface area contributed by atoms with E-state index in [1.54, 1.807) is 30.5 Å². The summed E-state index contributed by atoms with van der Waals surface area (Å²) in [6, 6.07) is 7.84. The molecular formula is C19H25N3O5. The average Bonchev–Trinajstić information content (AvgIpc) is 3.17. The number of carbonyl (C=O) groups is 2. The van der Waals surface area contributed by atoms with Crippen LogP contribution in [0.5, 0.6) is 11.5 Å². The Bertz CT molecular complexity index is 746. The molecule has 1 aromatic heterocycles. The van der Waals surface area contributed by atoms with Crippen molar-refractivity contribution in [1.29, 1.82) is 0 Å². The Kier molecular flexibility index (Phi) is 7.69. The largest absolute Gasteiger partial charge is 0.490 e. The molecule has 1 aromatic carbocycles. The van der Waals surface area contributed by atoms with Gasteiger partial charge in [-0.3, -0.25) is 15.4 Å². The van der Waals surface area contributed by atoms with Crippen molar-refractivity contribution in [1.82, 2.24) is 10.6 Å². The topological polar surface area (TPSA) is 102 Å². The van der Waals surface area contributed by atoms with E-state index < -0.39 is 11.9 Å². The molecule has 0 radical (unpaired) electrons. The molecule has 3 N–H and O–H groups in total. The molecule has 0 saturated carbocycles. The minimum absolute atomic E-state index is 0.0250. The fraction of sp³-hybridized carbons (Fsp3) is 0.368. The molecule has 146 valence electrons. The molecule has 27 heavy (non-hydrogen) atoms. The summed E-state index contributed by atoms with van der Waals surface area (Å²) in [6.45, 7) is 6.54. The van der Waals surface area contributed by atoms with Crippen LogP contribution in [0.3, 0.4) is 0 Å². The molecule has 8 heteroatoms. The molecule has 1 atom stereocenters. The maximum Gasteiger partial charge on any atom is 0.325 e. The Labute approximate surface area is 158 Å². The van der Waals surface area contributed by atoms with Gasteiger partial charge in [0.2, 0.25) is 5.91 Å². The first-order valence-electron chi connectivity index (χ1n) is 8.80. The van der Waals surface area contributed by atoms with Gasteiger partial charge in [-0.1, -0.05) is 0 Å². The average molecular weight is 375 g/mol. The summed E-state index contributed by atoms with van der Waals surface area (Å²) < 4.78 is 16.2. The van der Waals surface area contributed by atoms with Crippen LogP contribution >= 0.6 is 0 Å². The molecule has 0 saturated heterocycles. The van der Waals surface area contributed by atoms with Crippen LogP contribution < -0.4 is 25.4 Å². The second-order valence-electron chi connectivity index (χ2n) is 5.65. The van der Waals surface area contributed by atoms with Crippen molar-refractivity contribution in [2.24, 2.45) is 0 Å². The molecule has 0 spiro atoms. The van der Waals surface area contributed by atoms with Gasteiger partial charge in [-0.05, 0) is 45.0 Å². The standard InChI is InChI=1S/C19H25N3O5/c1-4-25-16-9-8-14(11-17(16)26-5-2)21-19(24)22-18(23)12-20-13(3)15-7-6-10-27-15/h6-11,13,20H,4-5,12H2,1-3H3,(H2,21,22,23,24)/t13-/m1/s1. The Hall–Kier alpha value is -3.00. The quantitative estimate of drug-likeness (QED) is 0.623. The van der Waals surface area contributed by atoms with Gasteiger partial charge in [0.1, 0.15) is 5.76 Å². The summed E-state index contributed by atoms with van der Waals surface area (Å²) >= 11 is 0. The zero-order valence-corrected chi connectivity index (χ0v) is 15.7. The molecular weight excluding hydrogens is 350 g/mol. The zero-order valence-electron chi connectivity index (χ0n) is 15.7. The normalized spacial score (nSPS) is 11.5. The lowest BCUT2D eigenvalue weighted by Crippen LogP contribution is -2.40. The second kappa shape index (κ2) is 10.2. The number of carbonyl (C=O) groups excluding carboxylic acids is 2. The molecule has 0 aliphatic carbocycles. The molecule has 0 bridgehead atoms. The number of rotatable bonds is 9. The highest BCUT2D eigenvalue weighted by Gasteiger charge is 2.13. The molecule has 1 heterocycles. The molecule has 2 rings (SSSR count). The Balaban J connectivity index is 1.85. The molecule has 0 aliphatic rings. The number of imide groups is 1. The van der Waals surface area contributed by atoms with Crippen LogP contribution in [0, 0.1) is 0 Å². The van der Waals surface area contributed by atoms with Crippen molar-refractivity contribution >= 4 is 17.6 Å². The van der Waals surface area contributed by atoms with Gasteiger partial charge in [0.25, 0.3) is 0 Å². The maximum absolute atomic E-state index is 12.0. The zero-order chi connectivity index (χ0) is 19.6. The van der Waals surface area contributed by atoms with Crippen molar-refractivity contribution < 1.29 is 23.5 Å². The van der Waals surface area contributed by atoms with Gasteiger partial charge >= 0.3 is 6.03 Å². The van der Waals surface area contributed by atoms with Gasteiger partial charge in [0, 0.05) is 11.8 Å². The third-order valence-corrected chi connectivity index (χ3v) is 3.59. The first-order chi connectivity index (χ1) is 13.0. The van der Waals surface area contributed by atoms with Crippen molar-refractivity contribution in [2.45, 2.75) is 26.8 Å². The summed E-state index contributed by atoms with van der Waals surface area (Å²) in [5, 5.41) is 7.85. The molecule has 3 amide bonds. The van der Waals surface area contributed by atoms with Gasteiger partial charge in [-0.25, -0.2) is 4.79 Å². The lowest BCUT2D eigenvalue weighted by molar-refractivity contribution is -0.119. The summed E-state index contributed by atoms with van der Waals surface area (Å²) in [5.41, 5.74) is 0.490. The predicted octanol–water partition coefficient (Wildman–Crippen LogP) is 3.08. The van der Waals surface area contributed by atoms with E-state index in [9.17, 15) is 9.59 Å². The van der Waals surface area contributed by atoms with E-state index in [2.05, 4.69) is 16.0 Å². The van der Waals surface area contributed by atoms with E-state index in [4.69, 9.17) is 13.9 Å². The van der Waals surface area contributed by atoms with Crippen LogP contribution in [0.1, 0.15) is 32.6 Å². The highest BCUT2D eigenvalue weighted by Crippen LogP contribution is 2.30. The second-order valence-corrected chi connectivity index (χ2v) is 5.65. The van der Waals surface area contributed by atoms with Gasteiger partial charge in [-0.2, -0.15) is 0 Å². The SMILES string of the molecule is CCOc1ccc(NC(=O)NC(=O)CN[C@H](C)c2ccco2)cc1OCC. The van der Waals surface area contributed by atoms with Crippen molar-refractivity contribution in [3.05, 3.63) is 42.4 Å². The van der Waals surface area contributed by atoms with Crippen molar-refractivity contribution in [3.63, 3.8) is 0 Å². The number of ether oxygens (including phenoxy) is 2. The molecule has 0 fully saturated rings. The smallest absolute Gasteiger partial charge is 0.325 e. The lowest BCUT2D eigenvalue weighted by atomic mass is 10.2. The first-order valence-corrected chi connectivity index (χ1v) is 8.80. The van der Waals surface area contributed by atoms with Crippen LogP contribution in [-0.2, 0) is 4.79 Å². The van der Waals surface area contributed by atoms with Crippen LogP contribution in [0.25, 0.3) is 0 Å². The molecule has 2 aromatic rings. The Morgan fingerprint density at radius 2 is 1.85 bits per heavy atom. The maximum atomic E-state index is 12.0. The van der Waals surface area contributed by atoms with Crippen LogP contribution in [0.15, 0.2) is 41.0 Å². The first kappa shape index (κ1) is 20.3. The van der Waals surface area contributed by atoms with Gasteiger partial charge in [-0.15, -0.1) is 0 Å². The van der Waals surface area contributed by atoms with E-state index in [0.717, 1.165) is 0 Å². The molecule has 0 aliphatic heterocycles. The van der Waals surface area contributed by atoms with E-state index in [1.807, 2.05) is 26.8 Å². The minimum atomic E-state index is -0.626. The van der Waals surface area contributed by atoms with E-state index >= 15 is 0 Å². The third kappa shape index (κ3) is 6.34.